The fraction of sp³-hybridized carbons (Fsp3) is 0.375. The van der Waals surface area contributed by atoms with Gasteiger partial charge in [-0.2, -0.15) is 4.31 Å². The number of unbranched alkanes of at least 4 members (excludes halogenated alkanes) is 1. The summed E-state index contributed by atoms with van der Waals surface area (Å²) in [5.41, 5.74) is 1.36. The molecule has 1 fully saturated rings. The molecule has 160 valence electrons. The minimum absolute atomic E-state index is 0.166. The molecule has 6 heteroatoms. The fourth-order valence-corrected chi connectivity index (χ4v) is 4.84. The summed E-state index contributed by atoms with van der Waals surface area (Å²) in [6.45, 7) is 3.95. The second kappa shape index (κ2) is 10.5. The summed E-state index contributed by atoms with van der Waals surface area (Å²) >= 11 is 0. The lowest BCUT2D eigenvalue weighted by molar-refractivity contribution is 0.104. The van der Waals surface area contributed by atoms with Gasteiger partial charge in [0.2, 0.25) is 10.0 Å². The second-order valence-electron chi connectivity index (χ2n) is 7.46. The Balaban J connectivity index is 1.61. The average Bonchev–Trinajstić information content (AvgIpc) is 2.79. The van der Waals surface area contributed by atoms with E-state index in [2.05, 4.69) is 6.92 Å². The first-order chi connectivity index (χ1) is 14.5. The highest BCUT2D eigenvalue weighted by Gasteiger charge is 2.25. The number of piperidine rings is 1. The lowest BCUT2D eigenvalue weighted by Gasteiger charge is -2.25. The van der Waals surface area contributed by atoms with E-state index >= 15 is 0 Å². The molecule has 0 amide bonds. The monoisotopic (exact) mass is 427 g/mol. The number of allylic oxidation sites excluding steroid dienone is 1. The van der Waals surface area contributed by atoms with Gasteiger partial charge in [0.15, 0.2) is 5.78 Å². The first-order valence-electron chi connectivity index (χ1n) is 10.6. The average molecular weight is 428 g/mol. The van der Waals surface area contributed by atoms with Crippen LogP contribution in [-0.4, -0.2) is 38.2 Å². The molecule has 0 N–H and O–H groups in total. The molecule has 0 saturated carbocycles. The Kier molecular flexibility index (Phi) is 7.82. The van der Waals surface area contributed by atoms with E-state index in [1.807, 2.05) is 24.3 Å². The molecule has 0 atom stereocenters. The minimum atomic E-state index is -3.48. The standard InChI is InChI=1S/C24H29NO4S/c1-2-3-19-29-22-12-7-20(8-13-22)9-16-24(26)21-10-14-23(15-11-21)30(27,28)25-17-5-4-6-18-25/h7-16H,2-6,17-19H2,1H3/b16-9+. The van der Waals surface area contributed by atoms with Crippen molar-refractivity contribution >= 4 is 21.9 Å². The van der Waals surface area contributed by atoms with Gasteiger partial charge in [-0.1, -0.05) is 38.0 Å². The van der Waals surface area contributed by atoms with Crippen molar-refractivity contribution in [3.05, 3.63) is 65.7 Å². The van der Waals surface area contributed by atoms with Gasteiger partial charge in [-0.15, -0.1) is 0 Å². The maximum atomic E-state index is 12.7. The largest absolute Gasteiger partial charge is 0.494 e. The van der Waals surface area contributed by atoms with Gasteiger partial charge in [0.05, 0.1) is 11.5 Å². The van der Waals surface area contributed by atoms with Crippen molar-refractivity contribution in [2.75, 3.05) is 19.7 Å². The summed E-state index contributed by atoms with van der Waals surface area (Å²) in [6.07, 6.45) is 8.22. The Hall–Kier alpha value is -2.44. The third-order valence-electron chi connectivity index (χ3n) is 5.17. The van der Waals surface area contributed by atoms with Crippen LogP contribution in [0.2, 0.25) is 0 Å². The normalized spacial score (nSPS) is 15.4. The van der Waals surface area contributed by atoms with E-state index in [1.54, 1.807) is 18.2 Å². The van der Waals surface area contributed by atoms with Crippen LogP contribution in [-0.2, 0) is 10.0 Å². The molecule has 5 nitrogen and oxygen atoms in total. The summed E-state index contributed by atoms with van der Waals surface area (Å²) in [5, 5.41) is 0. The third-order valence-corrected chi connectivity index (χ3v) is 7.08. The topological polar surface area (TPSA) is 63.7 Å². The summed E-state index contributed by atoms with van der Waals surface area (Å²) < 4.78 is 32.6. The third kappa shape index (κ3) is 5.80. The Labute approximate surface area is 179 Å². The van der Waals surface area contributed by atoms with Gasteiger partial charge < -0.3 is 4.74 Å². The van der Waals surface area contributed by atoms with Crippen LogP contribution in [0, 0.1) is 0 Å². The van der Waals surface area contributed by atoms with Crippen LogP contribution < -0.4 is 4.74 Å². The van der Waals surface area contributed by atoms with E-state index in [9.17, 15) is 13.2 Å². The quantitative estimate of drug-likeness (QED) is 0.323. The zero-order valence-electron chi connectivity index (χ0n) is 17.4. The highest BCUT2D eigenvalue weighted by Crippen LogP contribution is 2.21. The molecule has 1 heterocycles. The molecule has 0 aromatic heterocycles. The zero-order valence-corrected chi connectivity index (χ0v) is 18.2. The summed E-state index contributed by atoms with van der Waals surface area (Å²) in [5.74, 6) is 0.651. The molecule has 2 aromatic carbocycles. The molecule has 1 saturated heterocycles. The predicted molar refractivity (Wildman–Crippen MR) is 119 cm³/mol. The van der Waals surface area contributed by atoms with Crippen LogP contribution >= 0.6 is 0 Å². The van der Waals surface area contributed by atoms with Gasteiger partial charge >= 0.3 is 0 Å². The van der Waals surface area contributed by atoms with E-state index in [1.165, 1.54) is 22.5 Å². The smallest absolute Gasteiger partial charge is 0.243 e. The Morgan fingerprint density at radius 3 is 2.30 bits per heavy atom. The molecular formula is C24H29NO4S. The number of carbonyl (C=O) groups is 1. The highest BCUT2D eigenvalue weighted by molar-refractivity contribution is 7.89. The Morgan fingerprint density at radius 1 is 1.00 bits per heavy atom. The molecule has 1 aliphatic rings. The van der Waals surface area contributed by atoms with Crippen molar-refractivity contribution in [1.82, 2.24) is 4.31 Å². The van der Waals surface area contributed by atoms with Gasteiger partial charge in [-0.3, -0.25) is 4.79 Å². The van der Waals surface area contributed by atoms with Crippen LogP contribution in [0.25, 0.3) is 6.08 Å². The fourth-order valence-electron chi connectivity index (χ4n) is 3.32. The molecule has 0 bridgehead atoms. The number of sulfonamides is 1. The maximum absolute atomic E-state index is 12.7. The molecular weight excluding hydrogens is 398 g/mol. The van der Waals surface area contributed by atoms with Crippen molar-refractivity contribution < 1.29 is 17.9 Å². The number of rotatable bonds is 9. The minimum Gasteiger partial charge on any atom is -0.494 e. The Bertz CT molecular complexity index is 957. The molecule has 1 aliphatic heterocycles. The number of hydrogen-bond acceptors (Lipinski definition) is 4. The second-order valence-corrected chi connectivity index (χ2v) is 9.40. The number of ether oxygens (including phenoxy) is 1. The SMILES string of the molecule is CCCCOc1ccc(/C=C/C(=O)c2ccc(S(=O)(=O)N3CCCCC3)cc2)cc1. The van der Waals surface area contributed by atoms with E-state index in [4.69, 9.17) is 4.74 Å². The van der Waals surface area contributed by atoms with Crippen molar-refractivity contribution in [3.63, 3.8) is 0 Å². The first-order valence-corrected chi connectivity index (χ1v) is 12.0. The molecule has 3 rings (SSSR count). The summed E-state index contributed by atoms with van der Waals surface area (Å²) in [7, 11) is -3.48. The Morgan fingerprint density at radius 2 is 1.67 bits per heavy atom. The van der Waals surface area contributed by atoms with Gasteiger partial charge in [0, 0.05) is 18.7 Å². The highest BCUT2D eigenvalue weighted by atomic mass is 32.2. The van der Waals surface area contributed by atoms with Gasteiger partial charge in [-0.25, -0.2) is 8.42 Å². The van der Waals surface area contributed by atoms with Crippen LogP contribution in [0.5, 0.6) is 5.75 Å². The van der Waals surface area contributed by atoms with Crippen molar-refractivity contribution in [2.45, 2.75) is 43.9 Å². The molecule has 2 aromatic rings. The molecule has 0 unspecified atom stereocenters. The van der Waals surface area contributed by atoms with Crippen LogP contribution in [0.15, 0.2) is 59.5 Å². The molecule has 0 radical (unpaired) electrons. The first kappa shape index (κ1) is 22.2. The lowest BCUT2D eigenvalue weighted by Crippen LogP contribution is -2.35. The van der Waals surface area contributed by atoms with Crippen LogP contribution in [0.3, 0.4) is 0 Å². The molecule has 0 spiro atoms. The van der Waals surface area contributed by atoms with E-state index in [0.29, 0.717) is 25.3 Å². The van der Waals surface area contributed by atoms with Gasteiger partial charge in [-0.05, 0) is 67.3 Å². The van der Waals surface area contributed by atoms with E-state index < -0.39 is 10.0 Å². The molecule has 0 aliphatic carbocycles. The summed E-state index contributed by atoms with van der Waals surface area (Å²) in [4.78, 5) is 12.7. The van der Waals surface area contributed by atoms with Crippen molar-refractivity contribution in [2.24, 2.45) is 0 Å². The van der Waals surface area contributed by atoms with Crippen molar-refractivity contribution in [3.8, 4) is 5.75 Å². The van der Waals surface area contributed by atoms with Crippen LogP contribution in [0.1, 0.15) is 54.9 Å². The predicted octanol–water partition coefficient (Wildman–Crippen LogP) is 4.94. The molecule has 30 heavy (non-hydrogen) atoms. The van der Waals surface area contributed by atoms with E-state index in [0.717, 1.165) is 43.4 Å². The zero-order chi connectivity index (χ0) is 21.4. The number of ketones is 1. The van der Waals surface area contributed by atoms with E-state index in [-0.39, 0.29) is 10.7 Å². The number of hydrogen-bond donors (Lipinski definition) is 0. The van der Waals surface area contributed by atoms with Gasteiger partial charge in [0.1, 0.15) is 5.75 Å². The number of benzene rings is 2. The summed E-state index contributed by atoms with van der Waals surface area (Å²) in [6, 6.07) is 13.8. The van der Waals surface area contributed by atoms with Gasteiger partial charge in [0.25, 0.3) is 0 Å². The lowest BCUT2D eigenvalue weighted by atomic mass is 10.1. The van der Waals surface area contributed by atoms with Crippen LogP contribution in [0.4, 0.5) is 0 Å². The number of nitrogens with zero attached hydrogens (tertiary/aromatic N) is 1. The maximum Gasteiger partial charge on any atom is 0.243 e. The number of carbonyl (C=O) groups excluding carboxylic acids is 1. The van der Waals surface area contributed by atoms with Crippen molar-refractivity contribution in [1.29, 1.82) is 0 Å².